The Hall–Kier alpha value is 0. The fourth-order valence-corrected chi connectivity index (χ4v) is 5.40. The molecule has 264 valence electrons. The van der Waals surface area contributed by atoms with Crippen LogP contribution in [0.15, 0.2) is 0 Å². The van der Waals surface area contributed by atoms with Gasteiger partial charge in [-0.3, -0.25) is 0 Å². The first kappa shape index (κ1) is 54.5. The van der Waals surface area contributed by atoms with Crippen LogP contribution in [0.4, 0.5) is 0 Å². The first-order chi connectivity index (χ1) is 20.2. The topological polar surface area (TPSA) is 0 Å². The van der Waals surface area contributed by atoms with Crippen molar-refractivity contribution < 1.29 is 0 Å². The van der Waals surface area contributed by atoms with Gasteiger partial charge in [0.05, 0.1) is 0 Å². The fraction of sp³-hybridized carbons (Fsp3) is 1.00. The number of hydrogen-bond donors (Lipinski definition) is 0. The van der Waals surface area contributed by atoms with Crippen LogP contribution in [-0.4, -0.2) is 0 Å². The number of hydrogen-bond acceptors (Lipinski definition) is 0. The molecule has 0 unspecified atom stereocenters. The molecule has 0 N–H and O–H groups in total. The lowest BCUT2D eigenvalue weighted by Gasteiger charge is -2.36. The maximum atomic E-state index is 2.44. The maximum Gasteiger partial charge on any atom is -0.0355 e. The van der Waals surface area contributed by atoms with E-state index >= 15 is 0 Å². The quantitative estimate of drug-likeness (QED) is 0.115. The van der Waals surface area contributed by atoms with Crippen molar-refractivity contribution in [2.45, 2.75) is 246 Å². The Morgan fingerprint density at radius 2 is 0.595 bits per heavy atom. The predicted octanol–water partition coefficient (Wildman–Crippen LogP) is 17.1. The van der Waals surface area contributed by atoms with Crippen molar-refractivity contribution >= 4 is 0 Å². The van der Waals surface area contributed by atoms with Crippen molar-refractivity contribution in [2.75, 3.05) is 0 Å². The second-order valence-electron chi connectivity index (χ2n) is 13.0. The van der Waals surface area contributed by atoms with Crippen LogP contribution in [0.5, 0.6) is 0 Å². The van der Waals surface area contributed by atoms with Crippen LogP contribution >= 0.6 is 0 Å². The summed E-state index contributed by atoms with van der Waals surface area (Å²) >= 11 is 0. The Bertz CT molecular complexity index is 315. The summed E-state index contributed by atoms with van der Waals surface area (Å²) in [7, 11) is 0. The van der Waals surface area contributed by atoms with Gasteiger partial charge in [-0.1, -0.05) is 240 Å². The van der Waals surface area contributed by atoms with Crippen molar-refractivity contribution in [1.29, 1.82) is 0 Å². The normalized spacial score (nSPS) is 10.1. The minimum absolute atomic E-state index is 0.858. The van der Waals surface area contributed by atoms with Crippen LogP contribution in [0.3, 0.4) is 0 Å². The highest BCUT2D eigenvalue weighted by Gasteiger charge is 2.28. The molecule has 0 fully saturated rings. The highest BCUT2D eigenvalue weighted by atomic mass is 14.3. The number of rotatable bonds is 21. The third-order valence-corrected chi connectivity index (χ3v) is 7.49. The molecule has 0 aromatic heterocycles. The molecule has 0 spiro atoms. The van der Waals surface area contributed by atoms with E-state index < -0.39 is 0 Å². The van der Waals surface area contributed by atoms with E-state index in [1.54, 1.807) is 0 Å². The summed E-state index contributed by atoms with van der Waals surface area (Å²) in [5, 5.41) is 0. The van der Waals surface area contributed by atoms with Crippen LogP contribution in [0.2, 0.25) is 0 Å². The molecule has 42 heavy (non-hydrogen) atoms. The Morgan fingerprint density at radius 1 is 0.333 bits per heavy atom. The standard InChI is InChI=1S/C23H48.2C6H14.C3H8.2C2H6/c1-7-11-15-21(16-12-8-2)23(19-20(5)6)22(17-13-9-3)18-14-10-4;1-4-5-6(2)3;1-3-5-6-4-2;1-3-2;2*1-2/h20-23H,7-19H2,1-6H3;6H,4-5H2,1-3H3;3-6H2,1-2H3;3H2,1-2H3;2*1-2H3. The molecule has 0 saturated heterocycles. The summed E-state index contributed by atoms with van der Waals surface area (Å²) in [4.78, 5) is 0. The third-order valence-electron chi connectivity index (χ3n) is 7.49. The van der Waals surface area contributed by atoms with Gasteiger partial charge in [-0.2, -0.15) is 0 Å². The molecule has 0 heterocycles. The van der Waals surface area contributed by atoms with Crippen molar-refractivity contribution in [3.8, 4) is 0 Å². The largest absolute Gasteiger partial charge is 0.0683 e. The van der Waals surface area contributed by atoms with Gasteiger partial charge in [-0.15, -0.1) is 0 Å². The summed E-state index contributed by atoms with van der Waals surface area (Å²) in [6, 6.07) is 0. The summed E-state index contributed by atoms with van der Waals surface area (Å²) in [5.41, 5.74) is 0. The van der Waals surface area contributed by atoms with Gasteiger partial charge < -0.3 is 0 Å². The molecule has 0 saturated carbocycles. The predicted molar refractivity (Wildman–Crippen MR) is 206 cm³/mol. The Balaban J connectivity index is -0.000000138. The van der Waals surface area contributed by atoms with Crippen LogP contribution in [-0.2, 0) is 0 Å². The van der Waals surface area contributed by atoms with Gasteiger partial charge in [0.25, 0.3) is 0 Å². The molecule has 0 atom stereocenters. The molecule has 0 aromatic carbocycles. The van der Waals surface area contributed by atoms with Crippen molar-refractivity contribution in [3.05, 3.63) is 0 Å². The van der Waals surface area contributed by atoms with Crippen molar-refractivity contribution in [2.24, 2.45) is 29.6 Å². The SMILES string of the molecule is CC.CC.CCC.CCCC(C)C.CCCCC(CCCC)C(CC(C)C)C(CCCC)CCCC.CCCCCC. The second-order valence-corrected chi connectivity index (χ2v) is 13.0. The van der Waals surface area contributed by atoms with Gasteiger partial charge in [0.2, 0.25) is 0 Å². The first-order valence-electron chi connectivity index (χ1n) is 20.2. The lowest BCUT2D eigenvalue weighted by Crippen LogP contribution is -2.26. The smallest absolute Gasteiger partial charge is 0.0355 e. The van der Waals surface area contributed by atoms with Gasteiger partial charge in [0, 0.05) is 0 Å². The molecule has 0 amide bonds. The molecule has 0 aliphatic rings. The first-order valence-corrected chi connectivity index (χ1v) is 20.2. The van der Waals surface area contributed by atoms with Gasteiger partial charge in [-0.25, -0.2) is 0 Å². The van der Waals surface area contributed by atoms with Gasteiger partial charge in [0.15, 0.2) is 0 Å². The van der Waals surface area contributed by atoms with E-state index in [2.05, 4.69) is 90.0 Å². The Morgan fingerprint density at radius 3 is 0.738 bits per heavy atom. The van der Waals surface area contributed by atoms with E-state index in [9.17, 15) is 0 Å². The summed E-state index contributed by atoms with van der Waals surface area (Å²) in [5.74, 6) is 4.74. The molecular formula is C42H96. The van der Waals surface area contributed by atoms with E-state index in [0.29, 0.717) is 0 Å². The summed E-state index contributed by atoms with van der Waals surface area (Å²) in [6.45, 7) is 37.8. The van der Waals surface area contributed by atoms with Crippen molar-refractivity contribution in [1.82, 2.24) is 0 Å². The van der Waals surface area contributed by atoms with Crippen LogP contribution in [0.25, 0.3) is 0 Å². The minimum Gasteiger partial charge on any atom is -0.0683 e. The van der Waals surface area contributed by atoms with Gasteiger partial charge in [-0.05, 0) is 36.0 Å². The van der Waals surface area contributed by atoms with Crippen LogP contribution < -0.4 is 0 Å². The molecule has 0 rings (SSSR count). The number of unbranched alkanes of at least 4 members (excludes halogenated alkanes) is 7. The van der Waals surface area contributed by atoms with E-state index in [1.165, 1.54) is 128 Å². The lowest BCUT2D eigenvalue weighted by molar-refractivity contribution is 0.146. The molecule has 0 nitrogen and oxygen atoms in total. The molecule has 0 bridgehead atoms. The van der Waals surface area contributed by atoms with E-state index in [-0.39, 0.29) is 0 Å². The summed E-state index contributed by atoms with van der Waals surface area (Å²) < 4.78 is 0. The van der Waals surface area contributed by atoms with E-state index in [1.807, 2.05) is 27.7 Å². The fourth-order valence-electron chi connectivity index (χ4n) is 5.40. The zero-order chi connectivity index (χ0) is 34.0. The third kappa shape index (κ3) is 52.6. The molecule has 0 aliphatic heterocycles. The molecular weight excluding hydrogens is 504 g/mol. The van der Waals surface area contributed by atoms with Crippen LogP contribution in [0.1, 0.15) is 246 Å². The van der Waals surface area contributed by atoms with Gasteiger partial charge in [0.1, 0.15) is 0 Å². The van der Waals surface area contributed by atoms with Crippen molar-refractivity contribution in [3.63, 3.8) is 0 Å². The monoisotopic (exact) mass is 601 g/mol. The molecule has 0 radical (unpaired) electrons. The highest BCUT2D eigenvalue weighted by Crippen LogP contribution is 2.39. The zero-order valence-corrected chi connectivity index (χ0v) is 34.0. The van der Waals surface area contributed by atoms with E-state index in [4.69, 9.17) is 0 Å². The molecule has 0 aromatic rings. The molecule has 0 aliphatic carbocycles. The maximum absolute atomic E-state index is 2.44. The van der Waals surface area contributed by atoms with E-state index in [0.717, 1.165) is 29.6 Å². The summed E-state index contributed by atoms with van der Waals surface area (Å²) in [6.07, 6.45) is 28.1. The average molecular weight is 601 g/mol. The average Bonchev–Trinajstić information content (AvgIpc) is 2.98. The molecule has 0 heteroatoms. The highest BCUT2D eigenvalue weighted by molar-refractivity contribution is 4.79. The lowest BCUT2D eigenvalue weighted by atomic mass is 9.70. The Kier molecular flexibility index (Phi) is 69.5. The second kappa shape index (κ2) is 53.6. The minimum atomic E-state index is 0.858. The zero-order valence-electron chi connectivity index (χ0n) is 34.0. The van der Waals surface area contributed by atoms with Crippen LogP contribution in [0, 0.1) is 29.6 Å². The van der Waals surface area contributed by atoms with Gasteiger partial charge >= 0.3 is 0 Å². The Labute approximate surface area is 275 Å².